The maximum atomic E-state index is 14.4. The molecule has 12 nitrogen and oxygen atoms in total. The number of aliphatic imine (C=N–C) groups is 1. The summed E-state index contributed by atoms with van der Waals surface area (Å²) >= 11 is 0. The standard InChI is InChI=1S/C71H81N3O9S.Na/c1-42(2)27-51-33-58(77)34-52-30-47(18-23-61(51)52)50-13-8-26-70(78,39-50)56(28-44-9-5-4-6-10-44)40-71(74-69(72)73)55-19-16-46(17-20-55)67-53-31-54(68-63-24-21-57(76)32-48(63)12-7-11-45(41-75)29-60(36-53)82-68)37-65(67)66(84(79,80)81)38-64-43(3)14-15-49-35-59(83-71)22-25-62(49)64;/h4-6,9-10,16-25,30,32-35,37,42-43,45,50,53,56,60,64-68,75-78H,8,11,13-15,26-29,31,36,38-41H2,1-3H3,(H4,72,73,74)(H,79,80,81);/q;+1/p-1/t43-,45+,50+,53-,56-,60-,64+,65-,66-,67+,68-,70-,71+;/m1./s1. The Hall–Kier alpha value is -5.66. The molecule has 440 valence electrons. The summed E-state index contributed by atoms with van der Waals surface area (Å²) in [7, 11) is -4.96. The molecular formula is C71H80N3NaO9S. The average molecular weight is 1170 g/mol. The predicted molar refractivity (Wildman–Crippen MR) is 327 cm³/mol. The molecule has 0 amide bonds. The van der Waals surface area contributed by atoms with Gasteiger partial charge < -0.3 is 45.9 Å². The Morgan fingerprint density at radius 1 is 0.871 bits per heavy atom. The number of aromatic hydroxyl groups is 2. The van der Waals surface area contributed by atoms with E-state index in [2.05, 4.69) is 62.9 Å². The second-order valence-electron chi connectivity index (χ2n) is 26.2. The number of aliphatic hydroxyl groups is 2. The van der Waals surface area contributed by atoms with E-state index in [1.54, 1.807) is 12.1 Å². The molecule has 14 rings (SSSR count). The molecule has 2 fully saturated rings. The van der Waals surface area contributed by atoms with Crippen LogP contribution in [0.5, 0.6) is 17.2 Å². The van der Waals surface area contributed by atoms with E-state index in [-0.39, 0.29) is 102 Å². The first-order valence-electron chi connectivity index (χ1n) is 30.6. The van der Waals surface area contributed by atoms with Crippen LogP contribution in [0.2, 0.25) is 0 Å². The number of aliphatic hydroxyl groups excluding tert-OH is 1. The van der Waals surface area contributed by atoms with Gasteiger partial charge in [0.1, 0.15) is 23.4 Å². The van der Waals surface area contributed by atoms with Crippen LogP contribution in [0.4, 0.5) is 0 Å². The molecule has 8 N–H and O–H groups in total. The van der Waals surface area contributed by atoms with E-state index in [0.717, 1.165) is 81.0 Å². The fourth-order valence-electron chi connectivity index (χ4n) is 16.1. The van der Waals surface area contributed by atoms with Gasteiger partial charge in [0, 0.05) is 36.1 Å². The van der Waals surface area contributed by atoms with E-state index in [9.17, 15) is 33.4 Å². The number of guanidine groups is 1. The van der Waals surface area contributed by atoms with Crippen molar-refractivity contribution in [2.45, 2.75) is 157 Å². The maximum Gasteiger partial charge on any atom is 1.00 e. The minimum atomic E-state index is -4.96. The second-order valence-corrected chi connectivity index (χ2v) is 27.8. The topological polar surface area (TPSA) is 221 Å². The van der Waals surface area contributed by atoms with Crippen LogP contribution in [0.1, 0.15) is 165 Å². The Labute approximate surface area is 523 Å². The first-order chi connectivity index (χ1) is 40.3. The molecule has 14 heteroatoms. The zero-order valence-electron chi connectivity index (χ0n) is 49.5. The first-order valence-corrected chi connectivity index (χ1v) is 32.1. The average Bonchev–Trinajstić information content (AvgIpc) is 3.32. The largest absolute Gasteiger partial charge is 1.00 e. The van der Waals surface area contributed by atoms with Crippen LogP contribution in [0, 0.1) is 47.3 Å². The summed E-state index contributed by atoms with van der Waals surface area (Å²) in [4.78, 5) is 5.18. The number of allylic oxidation sites excluding steroid dienone is 1. The van der Waals surface area contributed by atoms with Crippen molar-refractivity contribution in [2.75, 3.05) is 6.61 Å². The van der Waals surface area contributed by atoms with Gasteiger partial charge in [-0.05, 0) is 216 Å². The van der Waals surface area contributed by atoms with E-state index < -0.39 is 50.6 Å². The summed E-state index contributed by atoms with van der Waals surface area (Å²) in [6, 6.07) is 39.7. The predicted octanol–water partition coefficient (Wildman–Crippen LogP) is 9.21. The molecule has 0 aromatic heterocycles. The smallest absolute Gasteiger partial charge is 0.748 e. The summed E-state index contributed by atoms with van der Waals surface area (Å²) in [5, 5.41) is 46.9. The van der Waals surface area contributed by atoms with E-state index in [1.165, 1.54) is 0 Å². The Morgan fingerprint density at radius 3 is 2.40 bits per heavy atom. The van der Waals surface area contributed by atoms with Crippen molar-refractivity contribution < 1.29 is 72.4 Å². The minimum absolute atomic E-state index is 0. The van der Waals surface area contributed by atoms with Crippen LogP contribution in [0.25, 0.3) is 10.8 Å². The van der Waals surface area contributed by atoms with Crippen molar-refractivity contribution in [3.8, 4) is 29.1 Å². The summed E-state index contributed by atoms with van der Waals surface area (Å²) in [5.74, 6) is 5.33. The Bertz CT molecular complexity index is 3670. The fourth-order valence-corrected chi connectivity index (χ4v) is 17.2. The third-order valence-electron chi connectivity index (χ3n) is 20.1. The fraction of sp³-hybridized carbons (Fsp3) is 0.451. The van der Waals surface area contributed by atoms with Crippen LogP contribution in [-0.2, 0) is 39.8 Å². The SMILES string of the molecule is CC(C)Cc1cc(O)cc2cc([C@H]3CCC[C@](O)([C@H](Cc4ccccc4)C[C@]4(N=C(N)N)Oc5ccc6c(c5)CC[C@@H](C)[C@@H]6C[C@@H](S(=O)(=O)[O-])[C@H]5C=C6C[C@H](C[C@H]7C[C@@H](CO)CC#Cc8cc(O)ccc8[C@@H]6O7)[C@@H]5c5ccc4cc5)C3)ccc12.[Na+]. The number of fused-ring (bicyclic) bond motifs is 9. The summed E-state index contributed by atoms with van der Waals surface area (Å²) in [5.41, 5.74) is 19.4. The molecule has 1 saturated carbocycles. The number of benzene rings is 6. The van der Waals surface area contributed by atoms with Gasteiger partial charge in [0.05, 0.1) is 27.1 Å². The maximum absolute atomic E-state index is 14.4. The summed E-state index contributed by atoms with van der Waals surface area (Å²) < 4.78 is 57.8. The normalized spacial score (nSPS) is 29.2. The number of nitrogens with zero attached hydrogens (tertiary/aromatic N) is 1. The molecule has 8 aliphatic rings. The van der Waals surface area contributed by atoms with Gasteiger partial charge in [-0.2, -0.15) is 0 Å². The summed E-state index contributed by atoms with van der Waals surface area (Å²) in [6.07, 6.45) is 8.87. The molecule has 5 heterocycles. The first kappa shape index (κ1) is 61.0. The molecule has 3 aliphatic carbocycles. The van der Waals surface area contributed by atoms with Crippen LogP contribution in [0.15, 0.2) is 138 Å². The number of hydrogen-bond donors (Lipinski definition) is 6. The molecule has 6 aromatic carbocycles. The Morgan fingerprint density at radius 2 is 1.65 bits per heavy atom. The number of ether oxygens (including phenoxy) is 2. The van der Waals surface area contributed by atoms with Gasteiger partial charge in [-0.25, -0.2) is 13.4 Å². The molecule has 0 spiro atoms. The van der Waals surface area contributed by atoms with E-state index >= 15 is 0 Å². The van der Waals surface area contributed by atoms with Gasteiger partial charge in [0.2, 0.25) is 5.72 Å². The number of aryl methyl sites for hydroxylation is 1. The molecule has 6 aromatic rings. The third kappa shape index (κ3) is 12.7. The number of phenols is 2. The van der Waals surface area contributed by atoms with Crippen molar-refractivity contribution >= 4 is 26.9 Å². The summed E-state index contributed by atoms with van der Waals surface area (Å²) in [6.45, 7) is 6.43. The van der Waals surface area contributed by atoms with Gasteiger partial charge >= 0.3 is 29.6 Å². The van der Waals surface area contributed by atoms with Crippen molar-refractivity contribution in [3.63, 3.8) is 0 Å². The monoisotopic (exact) mass is 1170 g/mol. The van der Waals surface area contributed by atoms with Crippen molar-refractivity contribution in [3.05, 3.63) is 183 Å². The van der Waals surface area contributed by atoms with Crippen LogP contribution >= 0.6 is 0 Å². The van der Waals surface area contributed by atoms with Crippen molar-refractivity contribution in [1.82, 2.24) is 0 Å². The molecular weight excluding hydrogens is 1090 g/mol. The van der Waals surface area contributed by atoms with Gasteiger partial charge in [-0.3, -0.25) is 0 Å². The molecule has 0 unspecified atom stereocenters. The van der Waals surface area contributed by atoms with Crippen molar-refractivity contribution in [1.29, 1.82) is 0 Å². The number of hydrogen-bond acceptors (Lipinski definition) is 10. The zero-order chi connectivity index (χ0) is 58.7. The van der Waals surface area contributed by atoms with Crippen molar-refractivity contribution in [2.24, 2.45) is 52.0 Å². The minimum Gasteiger partial charge on any atom is -0.748 e. The van der Waals surface area contributed by atoms with Crippen LogP contribution < -0.4 is 45.8 Å². The second kappa shape index (κ2) is 24.8. The van der Waals surface area contributed by atoms with Gasteiger partial charge in [0.25, 0.3) is 0 Å². The number of phenolic OH excluding ortho intramolecular Hbond substituents is 2. The van der Waals surface area contributed by atoms with Gasteiger partial charge in [-0.15, -0.1) is 0 Å². The van der Waals surface area contributed by atoms with Gasteiger partial charge in [-0.1, -0.05) is 124 Å². The number of rotatable bonds is 11. The van der Waals surface area contributed by atoms with E-state index in [1.807, 2.05) is 84.9 Å². The third-order valence-corrected chi connectivity index (χ3v) is 21.3. The van der Waals surface area contributed by atoms with E-state index in [4.69, 9.17) is 25.9 Å². The van der Waals surface area contributed by atoms with Crippen LogP contribution in [0.3, 0.4) is 0 Å². The Balaban J connectivity index is 0.00000752. The molecule has 0 radical (unpaired) electrons. The molecule has 13 atom stereocenters. The van der Waals surface area contributed by atoms with Crippen LogP contribution in [-0.4, -0.2) is 62.9 Å². The number of nitrogens with two attached hydrogens (primary N) is 2. The molecule has 5 aliphatic heterocycles. The van der Waals surface area contributed by atoms with Gasteiger partial charge in [0.15, 0.2) is 5.96 Å². The Kier molecular flexibility index (Phi) is 17.8. The molecule has 10 bridgehead atoms. The molecule has 1 saturated heterocycles. The van der Waals surface area contributed by atoms with E-state index in [0.29, 0.717) is 74.2 Å². The zero-order valence-corrected chi connectivity index (χ0v) is 52.3. The quantitative estimate of drug-likeness (QED) is 0.0179. The molecule has 85 heavy (non-hydrogen) atoms.